The molecule has 4 heteroatoms. The van der Waals surface area contributed by atoms with Crippen molar-refractivity contribution in [2.45, 2.75) is 43.9 Å². The van der Waals surface area contributed by atoms with Crippen LogP contribution in [-0.4, -0.2) is 47.8 Å². The molecule has 2 rings (SSSR count). The number of hydrogen-bond acceptors (Lipinski definition) is 3. The second-order valence-corrected chi connectivity index (χ2v) is 4.28. The number of rotatable bonds is 5. The molecule has 2 aliphatic carbocycles. The summed E-state index contributed by atoms with van der Waals surface area (Å²) in [5.74, 6) is -0.710. The number of methoxy groups -OCH3 is 1. The fourth-order valence-corrected chi connectivity index (χ4v) is 2.12. The molecule has 4 nitrogen and oxygen atoms in total. The van der Waals surface area contributed by atoms with E-state index in [0.717, 1.165) is 12.8 Å². The van der Waals surface area contributed by atoms with Crippen molar-refractivity contribution in [3.05, 3.63) is 0 Å². The fourth-order valence-electron chi connectivity index (χ4n) is 2.12. The molecule has 0 aromatic rings. The highest BCUT2D eigenvalue weighted by molar-refractivity contribution is 5.69. The average molecular weight is 199 g/mol. The van der Waals surface area contributed by atoms with Gasteiger partial charge in [-0.3, -0.25) is 9.69 Å². The highest BCUT2D eigenvalue weighted by atomic mass is 16.5. The minimum absolute atomic E-state index is 0.200. The Morgan fingerprint density at radius 3 is 2.50 bits per heavy atom. The summed E-state index contributed by atoms with van der Waals surface area (Å²) in [5.41, 5.74) is 0. The van der Waals surface area contributed by atoms with Crippen molar-refractivity contribution in [2.24, 2.45) is 0 Å². The van der Waals surface area contributed by atoms with Crippen LogP contribution in [0.15, 0.2) is 0 Å². The minimum Gasteiger partial charge on any atom is -0.480 e. The minimum atomic E-state index is -0.710. The molecule has 0 spiro atoms. The van der Waals surface area contributed by atoms with Crippen LogP contribution in [0.4, 0.5) is 0 Å². The Hall–Kier alpha value is -0.610. The van der Waals surface area contributed by atoms with Crippen LogP contribution in [0.5, 0.6) is 0 Å². The standard InChI is InChI=1S/C10H17NO3/c1-14-9-4-8(5-9)11(6-10(12)13)7-2-3-7/h7-9H,2-6H2,1H3,(H,12,13). The van der Waals surface area contributed by atoms with E-state index in [1.165, 1.54) is 12.8 Å². The van der Waals surface area contributed by atoms with Gasteiger partial charge in [0.25, 0.3) is 0 Å². The van der Waals surface area contributed by atoms with Crippen molar-refractivity contribution in [1.82, 2.24) is 4.90 Å². The number of hydrogen-bond donors (Lipinski definition) is 1. The average Bonchev–Trinajstić information content (AvgIpc) is 2.81. The predicted octanol–water partition coefficient (Wildman–Crippen LogP) is 0.713. The molecule has 0 unspecified atom stereocenters. The van der Waals surface area contributed by atoms with Gasteiger partial charge in [0.1, 0.15) is 0 Å². The number of nitrogens with zero attached hydrogens (tertiary/aromatic N) is 1. The molecule has 1 N–H and O–H groups in total. The van der Waals surface area contributed by atoms with Crippen molar-refractivity contribution in [3.8, 4) is 0 Å². The summed E-state index contributed by atoms with van der Waals surface area (Å²) in [6.45, 7) is 0.200. The number of ether oxygens (including phenoxy) is 1. The Labute approximate surface area is 83.8 Å². The monoisotopic (exact) mass is 199 g/mol. The SMILES string of the molecule is COC1CC(N(CC(=O)O)C2CC2)C1. The Morgan fingerprint density at radius 1 is 1.43 bits per heavy atom. The van der Waals surface area contributed by atoms with E-state index in [1.807, 2.05) is 0 Å². The summed E-state index contributed by atoms with van der Waals surface area (Å²) in [5, 5.41) is 8.78. The lowest BCUT2D eigenvalue weighted by Crippen LogP contribution is -2.50. The summed E-state index contributed by atoms with van der Waals surface area (Å²) in [4.78, 5) is 12.8. The summed E-state index contributed by atoms with van der Waals surface area (Å²) < 4.78 is 5.20. The van der Waals surface area contributed by atoms with Crippen LogP contribution >= 0.6 is 0 Å². The zero-order chi connectivity index (χ0) is 10.1. The maximum atomic E-state index is 10.7. The predicted molar refractivity (Wildman–Crippen MR) is 51.2 cm³/mol. The second kappa shape index (κ2) is 3.87. The van der Waals surface area contributed by atoms with Gasteiger partial charge in [0, 0.05) is 19.2 Å². The van der Waals surface area contributed by atoms with Gasteiger partial charge in [0.2, 0.25) is 0 Å². The fraction of sp³-hybridized carbons (Fsp3) is 0.900. The molecule has 14 heavy (non-hydrogen) atoms. The van der Waals surface area contributed by atoms with E-state index in [2.05, 4.69) is 4.90 Å². The van der Waals surface area contributed by atoms with E-state index in [9.17, 15) is 4.79 Å². The molecule has 0 atom stereocenters. The van der Waals surface area contributed by atoms with Crippen LogP contribution in [-0.2, 0) is 9.53 Å². The van der Waals surface area contributed by atoms with Gasteiger partial charge in [-0.05, 0) is 25.7 Å². The maximum Gasteiger partial charge on any atom is 0.317 e. The number of carboxylic acid groups (broad SMARTS) is 1. The first-order chi connectivity index (χ1) is 6.70. The highest BCUT2D eigenvalue weighted by Crippen LogP contribution is 2.36. The maximum absolute atomic E-state index is 10.7. The molecule has 0 aliphatic heterocycles. The third-order valence-corrected chi connectivity index (χ3v) is 3.21. The molecule has 0 amide bonds. The molecule has 0 aromatic heterocycles. The van der Waals surface area contributed by atoms with E-state index in [0.29, 0.717) is 18.2 Å². The molecular formula is C10H17NO3. The van der Waals surface area contributed by atoms with Gasteiger partial charge in [-0.25, -0.2) is 0 Å². The van der Waals surface area contributed by atoms with Gasteiger partial charge in [-0.2, -0.15) is 0 Å². The molecule has 0 saturated heterocycles. The zero-order valence-electron chi connectivity index (χ0n) is 8.48. The Balaban J connectivity index is 1.82. The molecule has 0 radical (unpaired) electrons. The van der Waals surface area contributed by atoms with Crippen LogP contribution in [0.3, 0.4) is 0 Å². The number of carboxylic acids is 1. The third-order valence-electron chi connectivity index (χ3n) is 3.21. The summed E-state index contributed by atoms with van der Waals surface area (Å²) in [7, 11) is 1.72. The van der Waals surface area contributed by atoms with Gasteiger partial charge in [-0.15, -0.1) is 0 Å². The second-order valence-electron chi connectivity index (χ2n) is 4.28. The molecule has 2 fully saturated rings. The van der Waals surface area contributed by atoms with Crippen molar-refractivity contribution in [1.29, 1.82) is 0 Å². The summed E-state index contributed by atoms with van der Waals surface area (Å²) in [6, 6.07) is 0.984. The quantitative estimate of drug-likeness (QED) is 0.708. The van der Waals surface area contributed by atoms with Crippen molar-refractivity contribution in [2.75, 3.05) is 13.7 Å². The molecule has 0 heterocycles. The van der Waals surface area contributed by atoms with E-state index in [-0.39, 0.29) is 6.54 Å². The van der Waals surface area contributed by atoms with E-state index < -0.39 is 5.97 Å². The Kier molecular flexibility index (Phi) is 2.74. The lowest BCUT2D eigenvalue weighted by molar-refractivity contribution is -0.140. The zero-order valence-corrected chi connectivity index (χ0v) is 8.48. The molecule has 0 aromatic carbocycles. The van der Waals surface area contributed by atoms with Gasteiger partial charge in [-0.1, -0.05) is 0 Å². The largest absolute Gasteiger partial charge is 0.480 e. The van der Waals surface area contributed by atoms with Crippen molar-refractivity contribution >= 4 is 5.97 Å². The first kappa shape index (κ1) is 9.93. The van der Waals surface area contributed by atoms with Gasteiger partial charge < -0.3 is 9.84 Å². The lowest BCUT2D eigenvalue weighted by Gasteiger charge is -2.41. The smallest absolute Gasteiger partial charge is 0.317 e. The molecule has 2 aliphatic rings. The van der Waals surface area contributed by atoms with Crippen molar-refractivity contribution < 1.29 is 14.6 Å². The number of aliphatic carboxylic acids is 1. The lowest BCUT2D eigenvalue weighted by atomic mass is 9.87. The van der Waals surface area contributed by atoms with Gasteiger partial charge in [0.05, 0.1) is 12.6 Å². The highest BCUT2D eigenvalue weighted by Gasteiger charge is 2.41. The first-order valence-electron chi connectivity index (χ1n) is 5.21. The summed E-state index contributed by atoms with van der Waals surface area (Å²) >= 11 is 0. The van der Waals surface area contributed by atoms with Crippen molar-refractivity contribution in [3.63, 3.8) is 0 Å². The normalized spacial score (nSPS) is 31.6. The van der Waals surface area contributed by atoms with Crippen LogP contribution in [0, 0.1) is 0 Å². The van der Waals surface area contributed by atoms with Crippen LogP contribution in [0.2, 0.25) is 0 Å². The van der Waals surface area contributed by atoms with E-state index >= 15 is 0 Å². The number of carbonyl (C=O) groups is 1. The Morgan fingerprint density at radius 2 is 2.07 bits per heavy atom. The van der Waals surface area contributed by atoms with Crippen LogP contribution in [0.25, 0.3) is 0 Å². The first-order valence-corrected chi connectivity index (χ1v) is 5.21. The van der Waals surface area contributed by atoms with Gasteiger partial charge in [0.15, 0.2) is 0 Å². The molecule has 0 bridgehead atoms. The third kappa shape index (κ3) is 2.07. The molecular weight excluding hydrogens is 182 g/mol. The molecule has 2 saturated carbocycles. The van der Waals surface area contributed by atoms with Crippen LogP contribution < -0.4 is 0 Å². The summed E-state index contributed by atoms with van der Waals surface area (Å²) in [6.07, 6.45) is 4.69. The Bertz CT molecular complexity index is 221. The van der Waals surface area contributed by atoms with E-state index in [4.69, 9.17) is 9.84 Å². The van der Waals surface area contributed by atoms with Gasteiger partial charge >= 0.3 is 5.97 Å². The molecule has 80 valence electrons. The van der Waals surface area contributed by atoms with Crippen LogP contribution in [0.1, 0.15) is 25.7 Å². The topological polar surface area (TPSA) is 49.8 Å². The van der Waals surface area contributed by atoms with E-state index in [1.54, 1.807) is 7.11 Å².